The molecule has 23 heavy (non-hydrogen) atoms. The van der Waals surface area contributed by atoms with Gasteiger partial charge in [0.2, 0.25) is 0 Å². The largest absolute Gasteiger partial charge is 0.489 e. The van der Waals surface area contributed by atoms with Gasteiger partial charge in [0.1, 0.15) is 12.4 Å². The molecular weight excluding hydrogens is 349 g/mol. The number of carbonyl (C=O) groups is 1. The zero-order valence-electron chi connectivity index (χ0n) is 11.7. The molecular formula is C15H12Cl2F2N2O2. The van der Waals surface area contributed by atoms with Gasteiger partial charge in [-0.2, -0.15) is 0 Å². The molecule has 8 heteroatoms. The van der Waals surface area contributed by atoms with Gasteiger partial charge >= 0.3 is 6.03 Å². The number of hydrogen-bond donors (Lipinski definition) is 2. The molecule has 0 bridgehead atoms. The van der Waals surface area contributed by atoms with Crippen LogP contribution in [-0.2, 0) is 0 Å². The first kappa shape index (κ1) is 17.3. The molecule has 0 heterocycles. The van der Waals surface area contributed by atoms with E-state index in [9.17, 15) is 13.6 Å². The van der Waals surface area contributed by atoms with Crippen molar-refractivity contribution >= 4 is 34.9 Å². The number of urea groups is 1. The highest BCUT2D eigenvalue weighted by atomic mass is 35.5. The van der Waals surface area contributed by atoms with Gasteiger partial charge in [-0.25, -0.2) is 13.6 Å². The number of hydrogen-bond acceptors (Lipinski definition) is 2. The summed E-state index contributed by atoms with van der Waals surface area (Å²) in [7, 11) is 0. The minimum Gasteiger partial charge on any atom is -0.489 e. The summed E-state index contributed by atoms with van der Waals surface area (Å²) in [6.45, 7) is 0.125. The Balaban J connectivity index is 1.78. The molecule has 0 aliphatic heterocycles. The van der Waals surface area contributed by atoms with Crippen molar-refractivity contribution < 1.29 is 18.3 Å². The van der Waals surface area contributed by atoms with Gasteiger partial charge in [-0.05, 0) is 24.3 Å². The molecule has 2 N–H and O–H groups in total. The fourth-order valence-electron chi connectivity index (χ4n) is 1.68. The summed E-state index contributed by atoms with van der Waals surface area (Å²) >= 11 is 11.8. The minimum absolute atomic E-state index is 0.0131. The third-order valence-electron chi connectivity index (χ3n) is 2.74. The molecule has 0 saturated carbocycles. The molecule has 4 nitrogen and oxygen atoms in total. The van der Waals surface area contributed by atoms with E-state index in [1.165, 1.54) is 6.07 Å². The second-order valence-corrected chi connectivity index (χ2v) is 5.19. The van der Waals surface area contributed by atoms with E-state index in [0.717, 1.165) is 12.1 Å². The Morgan fingerprint density at radius 2 is 1.96 bits per heavy atom. The molecule has 0 atom stereocenters. The quantitative estimate of drug-likeness (QED) is 0.772. The van der Waals surface area contributed by atoms with Gasteiger partial charge in [0, 0.05) is 6.07 Å². The Kier molecular flexibility index (Phi) is 6.01. The molecule has 0 saturated heterocycles. The summed E-state index contributed by atoms with van der Waals surface area (Å²) in [5.74, 6) is -1.59. The number of anilines is 1. The number of amides is 2. The van der Waals surface area contributed by atoms with Crippen LogP contribution < -0.4 is 15.4 Å². The number of ether oxygens (including phenoxy) is 1. The summed E-state index contributed by atoms with van der Waals surface area (Å²) in [5, 5.41) is 5.58. The van der Waals surface area contributed by atoms with E-state index in [4.69, 9.17) is 27.9 Å². The maximum Gasteiger partial charge on any atom is 0.319 e. The summed E-state index contributed by atoms with van der Waals surface area (Å²) < 4.78 is 31.1. The van der Waals surface area contributed by atoms with Crippen molar-refractivity contribution in [2.24, 2.45) is 0 Å². The van der Waals surface area contributed by atoms with Crippen LogP contribution in [0.4, 0.5) is 19.3 Å². The van der Waals surface area contributed by atoms with E-state index < -0.39 is 17.7 Å². The molecule has 0 aromatic heterocycles. The summed E-state index contributed by atoms with van der Waals surface area (Å²) in [6.07, 6.45) is 0. The normalized spacial score (nSPS) is 10.3. The summed E-state index contributed by atoms with van der Waals surface area (Å²) in [5.41, 5.74) is 0.363. The molecule has 0 radical (unpaired) electrons. The lowest BCUT2D eigenvalue weighted by atomic mass is 10.3. The SMILES string of the molecule is O=C(NCCOc1ccc(F)cc1F)Nc1cccc(Cl)c1Cl. The van der Waals surface area contributed by atoms with Gasteiger partial charge in [0.25, 0.3) is 0 Å². The van der Waals surface area contributed by atoms with Gasteiger partial charge < -0.3 is 15.4 Å². The Morgan fingerprint density at radius 3 is 2.70 bits per heavy atom. The lowest BCUT2D eigenvalue weighted by Crippen LogP contribution is -2.32. The van der Waals surface area contributed by atoms with Crippen molar-refractivity contribution in [2.75, 3.05) is 18.5 Å². The molecule has 2 amide bonds. The van der Waals surface area contributed by atoms with Crippen LogP contribution in [0, 0.1) is 11.6 Å². The molecule has 0 unspecified atom stereocenters. The van der Waals surface area contributed by atoms with Gasteiger partial charge in [0.15, 0.2) is 11.6 Å². The molecule has 2 aromatic carbocycles. The van der Waals surface area contributed by atoms with Crippen LogP contribution >= 0.6 is 23.2 Å². The zero-order chi connectivity index (χ0) is 16.8. The summed E-state index contributed by atoms with van der Waals surface area (Å²) in [4.78, 5) is 11.7. The lowest BCUT2D eigenvalue weighted by molar-refractivity contribution is 0.246. The Hall–Kier alpha value is -2.05. The van der Waals surface area contributed by atoms with Crippen molar-refractivity contribution in [3.63, 3.8) is 0 Å². The van der Waals surface area contributed by atoms with Crippen molar-refractivity contribution in [3.05, 3.63) is 58.1 Å². The number of rotatable bonds is 5. The number of benzene rings is 2. The Labute approximate surface area is 141 Å². The van der Waals surface area contributed by atoms with Gasteiger partial charge in [0.05, 0.1) is 22.3 Å². The highest BCUT2D eigenvalue weighted by molar-refractivity contribution is 6.43. The monoisotopic (exact) mass is 360 g/mol. The van der Waals surface area contributed by atoms with E-state index in [2.05, 4.69) is 10.6 Å². The predicted octanol–water partition coefficient (Wildman–Crippen LogP) is 4.47. The summed E-state index contributed by atoms with van der Waals surface area (Å²) in [6, 6.07) is 7.30. The molecule has 0 aliphatic carbocycles. The van der Waals surface area contributed by atoms with Crippen molar-refractivity contribution in [1.82, 2.24) is 5.32 Å². The van der Waals surface area contributed by atoms with E-state index >= 15 is 0 Å². The molecule has 0 fully saturated rings. The second-order valence-electron chi connectivity index (χ2n) is 4.41. The van der Waals surface area contributed by atoms with Crippen LogP contribution in [0.15, 0.2) is 36.4 Å². The van der Waals surface area contributed by atoms with Crippen molar-refractivity contribution in [3.8, 4) is 5.75 Å². The average molecular weight is 361 g/mol. The number of nitrogens with one attached hydrogen (secondary N) is 2. The first-order valence-corrected chi connectivity index (χ1v) is 7.29. The fourth-order valence-corrected chi connectivity index (χ4v) is 2.03. The molecule has 122 valence electrons. The maximum atomic E-state index is 13.3. The minimum atomic E-state index is -0.805. The molecule has 2 rings (SSSR count). The highest BCUT2D eigenvalue weighted by Crippen LogP contribution is 2.29. The van der Waals surface area contributed by atoms with Crippen LogP contribution in [0.1, 0.15) is 0 Å². The molecule has 0 spiro atoms. The molecule has 2 aromatic rings. The fraction of sp³-hybridized carbons (Fsp3) is 0.133. The van der Waals surface area contributed by atoms with Crippen molar-refractivity contribution in [1.29, 1.82) is 0 Å². The smallest absolute Gasteiger partial charge is 0.319 e. The zero-order valence-corrected chi connectivity index (χ0v) is 13.2. The first-order chi connectivity index (χ1) is 11.0. The van der Waals surface area contributed by atoms with Crippen LogP contribution in [0.5, 0.6) is 5.75 Å². The third-order valence-corrected chi connectivity index (χ3v) is 3.56. The van der Waals surface area contributed by atoms with Gasteiger partial charge in [-0.1, -0.05) is 29.3 Å². The van der Waals surface area contributed by atoms with Crippen molar-refractivity contribution in [2.45, 2.75) is 0 Å². The predicted molar refractivity (Wildman–Crippen MR) is 85.3 cm³/mol. The van der Waals surface area contributed by atoms with E-state index in [1.807, 2.05) is 0 Å². The van der Waals surface area contributed by atoms with Gasteiger partial charge in [-0.3, -0.25) is 0 Å². The second kappa shape index (κ2) is 7.99. The van der Waals surface area contributed by atoms with Crippen LogP contribution in [0.25, 0.3) is 0 Å². The van der Waals surface area contributed by atoms with E-state index in [0.29, 0.717) is 10.7 Å². The molecule has 0 aliphatic rings. The van der Waals surface area contributed by atoms with E-state index in [-0.39, 0.29) is 23.9 Å². The topological polar surface area (TPSA) is 50.4 Å². The lowest BCUT2D eigenvalue weighted by Gasteiger charge is -2.11. The third kappa shape index (κ3) is 4.97. The Morgan fingerprint density at radius 1 is 1.17 bits per heavy atom. The maximum absolute atomic E-state index is 13.3. The highest BCUT2D eigenvalue weighted by Gasteiger charge is 2.08. The van der Waals surface area contributed by atoms with Crippen LogP contribution in [-0.4, -0.2) is 19.2 Å². The van der Waals surface area contributed by atoms with Gasteiger partial charge in [-0.15, -0.1) is 0 Å². The number of halogens is 4. The average Bonchev–Trinajstić information content (AvgIpc) is 2.50. The first-order valence-electron chi connectivity index (χ1n) is 6.54. The number of carbonyl (C=O) groups excluding carboxylic acids is 1. The van der Waals surface area contributed by atoms with Crippen LogP contribution in [0.2, 0.25) is 10.0 Å². The standard InChI is InChI=1S/C15H12Cl2F2N2O2/c16-10-2-1-3-12(14(10)17)21-15(22)20-6-7-23-13-5-4-9(18)8-11(13)19/h1-5,8H,6-7H2,(H2,20,21,22). The van der Waals surface area contributed by atoms with E-state index in [1.54, 1.807) is 18.2 Å². The van der Waals surface area contributed by atoms with Crippen LogP contribution in [0.3, 0.4) is 0 Å². The Bertz CT molecular complexity index is 714.